The number of carbonyl (C=O) groups is 2. The van der Waals surface area contributed by atoms with Gasteiger partial charge in [-0.05, 0) is 44.5 Å². The number of hydrogen-bond donors (Lipinski definition) is 4. The molecule has 0 unspecified atom stereocenters. The molecule has 29 heavy (non-hydrogen) atoms. The molecule has 0 spiro atoms. The molecule has 9 heteroatoms. The molecule has 2 aromatic rings. The van der Waals surface area contributed by atoms with Crippen molar-refractivity contribution >= 4 is 17.8 Å². The standard InChI is InChI=1S/C20H22N2O7/c1-4-28-13-9-11(5-6-12(13)29-8-7-10(2)3)14-15(19(24)25)17(21)22-18(23)16(14)20(26)27/h5-7,9H,4,8H2,1-3H3,(H,24,25)(H,26,27)(H3,21,22,23). The van der Waals surface area contributed by atoms with E-state index in [2.05, 4.69) is 4.98 Å². The molecule has 0 aliphatic rings. The third-order valence-corrected chi connectivity index (χ3v) is 3.93. The third-order valence-electron chi connectivity index (χ3n) is 3.93. The van der Waals surface area contributed by atoms with Crippen LogP contribution in [0.1, 0.15) is 41.5 Å². The molecule has 9 nitrogen and oxygen atoms in total. The Labute approximate surface area is 166 Å². The number of aromatic amines is 1. The predicted octanol–water partition coefficient (Wildman–Crippen LogP) is 2.76. The average molecular weight is 402 g/mol. The Morgan fingerprint density at radius 2 is 1.76 bits per heavy atom. The molecule has 0 bridgehead atoms. The van der Waals surface area contributed by atoms with Gasteiger partial charge in [-0.3, -0.25) is 4.79 Å². The van der Waals surface area contributed by atoms with Gasteiger partial charge in [-0.25, -0.2) is 9.59 Å². The number of carboxylic acids is 2. The van der Waals surface area contributed by atoms with Crippen molar-refractivity contribution in [2.75, 3.05) is 18.9 Å². The minimum Gasteiger partial charge on any atom is -0.490 e. The van der Waals surface area contributed by atoms with Crippen molar-refractivity contribution in [3.05, 3.63) is 51.3 Å². The lowest BCUT2D eigenvalue weighted by atomic mass is 9.95. The zero-order chi connectivity index (χ0) is 21.7. The number of anilines is 1. The minimum absolute atomic E-state index is 0.149. The Hall–Kier alpha value is -3.75. The van der Waals surface area contributed by atoms with Gasteiger partial charge in [0.25, 0.3) is 5.56 Å². The van der Waals surface area contributed by atoms with E-state index in [0.29, 0.717) is 12.4 Å². The summed E-state index contributed by atoms with van der Waals surface area (Å²) >= 11 is 0. The number of benzene rings is 1. The second-order valence-corrected chi connectivity index (χ2v) is 6.29. The zero-order valence-electron chi connectivity index (χ0n) is 16.2. The van der Waals surface area contributed by atoms with Crippen LogP contribution in [0.4, 0.5) is 5.82 Å². The number of aromatic nitrogens is 1. The van der Waals surface area contributed by atoms with Gasteiger partial charge in [0.2, 0.25) is 0 Å². The van der Waals surface area contributed by atoms with Gasteiger partial charge in [0.05, 0.1) is 6.61 Å². The minimum atomic E-state index is -1.58. The molecule has 5 N–H and O–H groups in total. The van der Waals surface area contributed by atoms with E-state index in [1.807, 2.05) is 19.9 Å². The van der Waals surface area contributed by atoms with Crippen molar-refractivity contribution in [2.24, 2.45) is 0 Å². The topological polar surface area (TPSA) is 152 Å². The Morgan fingerprint density at radius 1 is 1.10 bits per heavy atom. The van der Waals surface area contributed by atoms with E-state index in [9.17, 15) is 24.6 Å². The molecule has 0 aliphatic carbocycles. The summed E-state index contributed by atoms with van der Waals surface area (Å²) in [7, 11) is 0. The maximum atomic E-state index is 12.2. The summed E-state index contributed by atoms with van der Waals surface area (Å²) in [6, 6.07) is 4.40. The fourth-order valence-corrected chi connectivity index (χ4v) is 2.68. The van der Waals surface area contributed by atoms with Gasteiger partial charge in [-0.15, -0.1) is 0 Å². The molecule has 0 atom stereocenters. The van der Waals surface area contributed by atoms with Gasteiger partial charge in [-0.1, -0.05) is 11.6 Å². The van der Waals surface area contributed by atoms with Crippen LogP contribution < -0.4 is 20.8 Å². The molecule has 1 aromatic heterocycles. The number of hydrogen-bond acceptors (Lipinski definition) is 6. The van der Waals surface area contributed by atoms with Crippen molar-refractivity contribution in [2.45, 2.75) is 20.8 Å². The number of nitrogen functional groups attached to an aromatic ring is 1. The maximum Gasteiger partial charge on any atom is 0.342 e. The molecule has 154 valence electrons. The van der Waals surface area contributed by atoms with E-state index in [-0.39, 0.29) is 23.5 Å². The Balaban J connectivity index is 2.72. The first-order valence-corrected chi connectivity index (χ1v) is 8.73. The second kappa shape index (κ2) is 8.96. The lowest BCUT2D eigenvalue weighted by Gasteiger charge is -2.15. The van der Waals surface area contributed by atoms with Crippen LogP contribution in [0.25, 0.3) is 11.1 Å². The number of nitrogens with one attached hydrogen (secondary N) is 1. The zero-order valence-corrected chi connectivity index (χ0v) is 16.2. The summed E-state index contributed by atoms with van der Waals surface area (Å²) in [5.74, 6) is -2.83. The van der Waals surface area contributed by atoms with Gasteiger partial charge in [0.1, 0.15) is 23.6 Å². The first-order valence-electron chi connectivity index (χ1n) is 8.73. The van der Waals surface area contributed by atoms with Crippen LogP contribution in [0.3, 0.4) is 0 Å². The van der Waals surface area contributed by atoms with Crippen LogP contribution in [0.5, 0.6) is 11.5 Å². The highest BCUT2D eigenvalue weighted by atomic mass is 16.5. The molecular formula is C20H22N2O7. The molecule has 0 radical (unpaired) electrons. The third kappa shape index (κ3) is 4.75. The Morgan fingerprint density at radius 3 is 2.31 bits per heavy atom. The molecule has 0 aliphatic heterocycles. The largest absolute Gasteiger partial charge is 0.490 e. The molecule has 0 saturated heterocycles. The quantitative estimate of drug-likeness (QED) is 0.492. The van der Waals surface area contributed by atoms with Crippen molar-refractivity contribution in [3.63, 3.8) is 0 Å². The Bertz CT molecular complexity index is 1030. The molecule has 0 amide bonds. The lowest BCUT2D eigenvalue weighted by molar-refractivity contribution is 0.0695. The number of carboxylic acid groups (broad SMARTS) is 2. The molecule has 1 heterocycles. The summed E-state index contributed by atoms with van der Waals surface area (Å²) < 4.78 is 11.2. The monoisotopic (exact) mass is 402 g/mol. The van der Waals surface area contributed by atoms with E-state index in [0.717, 1.165) is 5.57 Å². The van der Waals surface area contributed by atoms with Crippen LogP contribution in [-0.4, -0.2) is 40.3 Å². The maximum absolute atomic E-state index is 12.2. The van der Waals surface area contributed by atoms with Crippen LogP contribution in [0.2, 0.25) is 0 Å². The predicted molar refractivity (Wildman–Crippen MR) is 107 cm³/mol. The number of H-pyrrole nitrogens is 1. The summed E-state index contributed by atoms with van der Waals surface area (Å²) in [6.07, 6.45) is 1.87. The highest BCUT2D eigenvalue weighted by molar-refractivity contribution is 6.07. The van der Waals surface area contributed by atoms with Crippen LogP contribution in [0.15, 0.2) is 34.6 Å². The van der Waals surface area contributed by atoms with Crippen LogP contribution in [0, 0.1) is 0 Å². The first kappa shape index (κ1) is 21.5. The summed E-state index contributed by atoms with van der Waals surface area (Å²) in [6.45, 7) is 6.18. The molecule has 0 fully saturated rings. The number of pyridine rings is 1. The normalized spacial score (nSPS) is 10.3. The van der Waals surface area contributed by atoms with Gasteiger partial charge >= 0.3 is 11.9 Å². The number of allylic oxidation sites excluding steroid dienone is 1. The fourth-order valence-electron chi connectivity index (χ4n) is 2.68. The highest BCUT2D eigenvalue weighted by Gasteiger charge is 2.27. The molecule has 1 aromatic carbocycles. The molecule has 0 saturated carbocycles. The van der Waals surface area contributed by atoms with Gasteiger partial charge < -0.3 is 30.4 Å². The van der Waals surface area contributed by atoms with Gasteiger partial charge in [-0.2, -0.15) is 0 Å². The average Bonchev–Trinajstić information content (AvgIpc) is 2.61. The SMILES string of the molecule is CCOc1cc(-c2c(C(=O)O)c(N)[nH]c(=O)c2C(=O)O)ccc1OCC=C(C)C. The van der Waals surface area contributed by atoms with E-state index < -0.39 is 34.4 Å². The van der Waals surface area contributed by atoms with Crippen molar-refractivity contribution < 1.29 is 29.3 Å². The Kier molecular flexibility index (Phi) is 6.66. The summed E-state index contributed by atoms with van der Waals surface area (Å²) in [5.41, 5.74) is 4.33. The van der Waals surface area contributed by atoms with Crippen molar-refractivity contribution in [1.82, 2.24) is 4.98 Å². The summed E-state index contributed by atoms with van der Waals surface area (Å²) in [4.78, 5) is 37.6. The first-order chi connectivity index (χ1) is 13.7. The van der Waals surface area contributed by atoms with E-state index in [4.69, 9.17) is 15.2 Å². The number of nitrogens with two attached hydrogens (primary N) is 1. The second-order valence-electron chi connectivity index (χ2n) is 6.29. The van der Waals surface area contributed by atoms with Crippen molar-refractivity contribution in [1.29, 1.82) is 0 Å². The molecular weight excluding hydrogens is 380 g/mol. The summed E-state index contributed by atoms with van der Waals surface area (Å²) in [5, 5.41) is 19.0. The van der Waals surface area contributed by atoms with Gasteiger partial charge in [0, 0.05) is 5.56 Å². The van der Waals surface area contributed by atoms with E-state index >= 15 is 0 Å². The number of ether oxygens (including phenoxy) is 2. The number of rotatable bonds is 8. The fraction of sp³-hybridized carbons (Fsp3) is 0.250. The lowest BCUT2D eigenvalue weighted by Crippen LogP contribution is -2.24. The van der Waals surface area contributed by atoms with Gasteiger partial charge in [0.15, 0.2) is 11.5 Å². The van der Waals surface area contributed by atoms with E-state index in [1.165, 1.54) is 18.2 Å². The number of aromatic carboxylic acids is 2. The van der Waals surface area contributed by atoms with Crippen LogP contribution >= 0.6 is 0 Å². The van der Waals surface area contributed by atoms with Crippen molar-refractivity contribution in [3.8, 4) is 22.6 Å². The molecule has 2 rings (SSSR count). The highest BCUT2D eigenvalue weighted by Crippen LogP contribution is 2.36. The smallest absolute Gasteiger partial charge is 0.342 e. The van der Waals surface area contributed by atoms with E-state index in [1.54, 1.807) is 6.92 Å². The van der Waals surface area contributed by atoms with Crippen LogP contribution in [-0.2, 0) is 0 Å².